The molecule has 2 rings (SSSR count). The van der Waals surface area contributed by atoms with Crippen LogP contribution in [0.5, 0.6) is 5.75 Å². The highest BCUT2D eigenvalue weighted by Crippen LogP contribution is 2.21. The predicted molar refractivity (Wildman–Crippen MR) is 54.4 cm³/mol. The highest BCUT2D eigenvalue weighted by Gasteiger charge is 2.15. The van der Waals surface area contributed by atoms with Gasteiger partial charge in [0.25, 0.3) is 5.91 Å². The van der Waals surface area contributed by atoms with Gasteiger partial charge in [-0.15, -0.1) is 0 Å². The first kappa shape index (κ1) is 8.81. The molecule has 3 heteroatoms. The quantitative estimate of drug-likeness (QED) is 0.726. The molecule has 0 aliphatic carbocycles. The maximum Gasteiger partial charge on any atom is 0.255 e. The maximum absolute atomic E-state index is 11.5. The Morgan fingerprint density at radius 3 is 3.14 bits per heavy atom. The molecule has 0 bridgehead atoms. The summed E-state index contributed by atoms with van der Waals surface area (Å²) in [7, 11) is 0. The molecule has 0 radical (unpaired) electrons. The number of hydrogen-bond acceptors (Lipinski definition) is 2. The van der Waals surface area contributed by atoms with E-state index in [1.807, 2.05) is 6.07 Å². The molecule has 1 amide bonds. The number of amides is 1. The second-order valence-corrected chi connectivity index (χ2v) is 3.06. The van der Waals surface area contributed by atoms with Crippen LogP contribution in [-0.4, -0.2) is 19.1 Å². The van der Waals surface area contributed by atoms with Crippen LogP contribution >= 0.6 is 0 Å². The highest BCUT2D eigenvalue weighted by atomic mass is 16.5. The van der Waals surface area contributed by atoms with Gasteiger partial charge in [0, 0.05) is 0 Å². The van der Waals surface area contributed by atoms with Gasteiger partial charge in [0.1, 0.15) is 12.4 Å². The Kier molecular flexibility index (Phi) is 2.23. The summed E-state index contributed by atoms with van der Waals surface area (Å²) >= 11 is 0. The van der Waals surface area contributed by atoms with Crippen LogP contribution in [-0.2, 0) is 0 Å². The van der Waals surface area contributed by atoms with E-state index in [0.29, 0.717) is 24.5 Å². The van der Waals surface area contributed by atoms with E-state index in [4.69, 9.17) is 4.74 Å². The van der Waals surface area contributed by atoms with Crippen LogP contribution in [0.25, 0.3) is 6.08 Å². The number of carbonyl (C=O) groups excluding carboxylic acids is 1. The lowest BCUT2D eigenvalue weighted by Crippen LogP contribution is -2.24. The molecule has 1 N–H and O–H groups in total. The van der Waals surface area contributed by atoms with E-state index < -0.39 is 0 Å². The average Bonchev–Trinajstić information content (AvgIpc) is 2.40. The van der Waals surface area contributed by atoms with Crippen LogP contribution in [0.3, 0.4) is 0 Å². The van der Waals surface area contributed by atoms with Gasteiger partial charge >= 0.3 is 0 Å². The molecule has 1 aromatic rings. The molecule has 0 aromatic heterocycles. The Morgan fingerprint density at radius 2 is 2.36 bits per heavy atom. The lowest BCUT2D eigenvalue weighted by molar-refractivity contribution is 0.0957. The summed E-state index contributed by atoms with van der Waals surface area (Å²) < 4.78 is 5.40. The molecule has 1 aliphatic heterocycles. The van der Waals surface area contributed by atoms with Gasteiger partial charge < -0.3 is 10.1 Å². The van der Waals surface area contributed by atoms with E-state index in [0.717, 1.165) is 5.56 Å². The third-order valence-corrected chi connectivity index (χ3v) is 2.13. The fourth-order valence-electron chi connectivity index (χ4n) is 1.40. The predicted octanol–water partition coefficient (Wildman–Crippen LogP) is 1.45. The summed E-state index contributed by atoms with van der Waals surface area (Å²) in [5, 5.41) is 2.75. The summed E-state index contributed by atoms with van der Waals surface area (Å²) in [6, 6.07) is 5.46. The Hall–Kier alpha value is -1.77. The zero-order chi connectivity index (χ0) is 9.97. The van der Waals surface area contributed by atoms with Crippen LogP contribution in [0.1, 0.15) is 15.9 Å². The molecule has 0 fully saturated rings. The molecule has 0 spiro atoms. The smallest absolute Gasteiger partial charge is 0.255 e. The van der Waals surface area contributed by atoms with Gasteiger partial charge in [-0.3, -0.25) is 4.79 Å². The van der Waals surface area contributed by atoms with E-state index in [1.54, 1.807) is 18.2 Å². The largest absolute Gasteiger partial charge is 0.491 e. The number of benzene rings is 1. The molecule has 14 heavy (non-hydrogen) atoms. The average molecular weight is 189 g/mol. The Balaban J connectivity index is 2.49. The van der Waals surface area contributed by atoms with Crippen molar-refractivity contribution in [2.75, 3.05) is 13.2 Å². The maximum atomic E-state index is 11.5. The second-order valence-electron chi connectivity index (χ2n) is 3.06. The summed E-state index contributed by atoms with van der Waals surface area (Å²) in [6.45, 7) is 4.73. The lowest BCUT2D eigenvalue weighted by atomic mass is 10.1. The van der Waals surface area contributed by atoms with Crippen molar-refractivity contribution in [2.24, 2.45) is 0 Å². The number of nitrogens with one attached hydrogen (secondary N) is 1. The summed E-state index contributed by atoms with van der Waals surface area (Å²) in [5.74, 6) is 0.562. The summed E-state index contributed by atoms with van der Waals surface area (Å²) in [4.78, 5) is 11.5. The molecule has 0 saturated heterocycles. The monoisotopic (exact) mass is 189 g/mol. The molecular formula is C11H11NO2. The molecule has 0 saturated carbocycles. The van der Waals surface area contributed by atoms with Crippen molar-refractivity contribution in [3.8, 4) is 5.75 Å². The third-order valence-electron chi connectivity index (χ3n) is 2.13. The lowest BCUT2D eigenvalue weighted by Gasteiger charge is -2.05. The van der Waals surface area contributed by atoms with Crippen LogP contribution in [0.15, 0.2) is 24.8 Å². The van der Waals surface area contributed by atoms with Crippen molar-refractivity contribution in [3.05, 3.63) is 35.9 Å². The minimum atomic E-state index is -0.0822. The van der Waals surface area contributed by atoms with Gasteiger partial charge in [0.15, 0.2) is 0 Å². The fraction of sp³-hybridized carbons (Fsp3) is 0.182. The first-order chi connectivity index (χ1) is 6.81. The molecule has 0 atom stereocenters. The Labute approximate surface area is 82.4 Å². The standard InChI is InChI=1S/C11H11NO2/c1-2-8-3-4-10-9(7-8)11(13)12-5-6-14-10/h2-4,7H,1,5-6H2,(H,12,13). The minimum Gasteiger partial charge on any atom is -0.491 e. The van der Waals surface area contributed by atoms with Crippen molar-refractivity contribution in [3.63, 3.8) is 0 Å². The van der Waals surface area contributed by atoms with Gasteiger partial charge in [0.2, 0.25) is 0 Å². The molecule has 1 aliphatic rings. The number of ether oxygens (including phenoxy) is 1. The van der Waals surface area contributed by atoms with Crippen molar-refractivity contribution in [1.82, 2.24) is 5.32 Å². The van der Waals surface area contributed by atoms with Gasteiger partial charge in [-0.2, -0.15) is 0 Å². The van der Waals surface area contributed by atoms with Gasteiger partial charge in [0.05, 0.1) is 12.1 Å². The summed E-state index contributed by atoms with van der Waals surface area (Å²) in [6.07, 6.45) is 1.71. The number of rotatable bonds is 1. The zero-order valence-corrected chi connectivity index (χ0v) is 7.75. The van der Waals surface area contributed by atoms with Crippen molar-refractivity contribution < 1.29 is 9.53 Å². The molecule has 1 aromatic carbocycles. The SMILES string of the molecule is C=Cc1ccc2c(c1)C(=O)NCCO2. The van der Waals surface area contributed by atoms with Crippen LogP contribution in [0.2, 0.25) is 0 Å². The number of carbonyl (C=O) groups is 1. The van der Waals surface area contributed by atoms with E-state index in [-0.39, 0.29) is 5.91 Å². The molecule has 3 nitrogen and oxygen atoms in total. The fourth-order valence-corrected chi connectivity index (χ4v) is 1.40. The Bertz CT molecular complexity index is 385. The van der Waals surface area contributed by atoms with Crippen molar-refractivity contribution in [2.45, 2.75) is 0 Å². The van der Waals surface area contributed by atoms with Crippen LogP contribution in [0.4, 0.5) is 0 Å². The minimum absolute atomic E-state index is 0.0822. The number of fused-ring (bicyclic) bond motifs is 1. The third kappa shape index (κ3) is 1.48. The first-order valence-electron chi connectivity index (χ1n) is 4.49. The topological polar surface area (TPSA) is 38.3 Å². The summed E-state index contributed by atoms with van der Waals surface area (Å²) in [5.41, 5.74) is 1.50. The molecule has 1 heterocycles. The van der Waals surface area contributed by atoms with E-state index >= 15 is 0 Å². The van der Waals surface area contributed by atoms with Gasteiger partial charge in [-0.05, 0) is 17.7 Å². The molecule has 72 valence electrons. The van der Waals surface area contributed by atoms with E-state index in [1.165, 1.54) is 0 Å². The number of hydrogen-bond donors (Lipinski definition) is 1. The first-order valence-corrected chi connectivity index (χ1v) is 4.49. The van der Waals surface area contributed by atoms with Crippen LogP contribution in [0, 0.1) is 0 Å². The Morgan fingerprint density at radius 1 is 1.50 bits per heavy atom. The van der Waals surface area contributed by atoms with E-state index in [9.17, 15) is 4.79 Å². The van der Waals surface area contributed by atoms with Crippen LogP contribution < -0.4 is 10.1 Å². The van der Waals surface area contributed by atoms with Gasteiger partial charge in [-0.1, -0.05) is 18.7 Å². The molecular weight excluding hydrogens is 178 g/mol. The molecule has 0 unspecified atom stereocenters. The normalized spacial score (nSPS) is 14.7. The highest BCUT2D eigenvalue weighted by molar-refractivity contribution is 5.97. The van der Waals surface area contributed by atoms with E-state index in [2.05, 4.69) is 11.9 Å². The van der Waals surface area contributed by atoms with Gasteiger partial charge in [-0.25, -0.2) is 0 Å². The second kappa shape index (κ2) is 3.54. The van der Waals surface area contributed by atoms with Crippen molar-refractivity contribution in [1.29, 1.82) is 0 Å². The zero-order valence-electron chi connectivity index (χ0n) is 7.75. The van der Waals surface area contributed by atoms with Crippen molar-refractivity contribution >= 4 is 12.0 Å².